The smallest absolute Gasteiger partial charge is 0.0247 e. The van der Waals surface area contributed by atoms with Crippen molar-refractivity contribution in [2.75, 3.05) is 17.6 Å². The van der Waals surface area contributed by atoms with E-state index in [4.69, 9.17) is 34.8 Å². The molecule has 0 aromatic heterocycles. The molecule has 0 aromatic rings. The molecule has 0 aliphatic carbocycles. The lowest BCUT2D eigenvalue weighted by Crippen LogP contribution is -2.76. The fraction of sp³-hybridized carbons (Fsp3) is 1.00. The molecule has 0 radical (unpaired) electrons. The van der Waals surface area contributed by atoms with Gasteiger partial charge in [0, 0.05) is 17.6 Å². The molecule has 0 aliphatic rings. The molecular formula is C7H10Cl3O3-3. The lowest BCUT2D eigenvalue weighted by molar-refractivity contribution is -0.923. The molecule has 0 spiro atoms. The molecule has 0 N–H and O–H groups in total. The van der Waals surface area contributed by atoms with Gasteiger partial charge in [0.15, 0.2) is 0 Å². The molecule has 0 saturated heterocycles. The van der Waals surface area contributed by atoms with Crippen LogP contribution in [0.2, 0.25) is 0 Å². The molecule has 3 nitrogen and oxygen atoms in total. The molecule has 6 heteroatoms. The number of alkyl halides is 3. The summed E-state index contributed by atoms with van der Waals surface area (Å²) in [4.78, 5) is 0. The molecule has 80 valence electrons. The first kappa shape index (κ1) is 13.8. The highest BCUT2D eigenvalue weighted by Gasteiger charge is 2.27. The lowest BCUT2D eigenvalue weighted by Gasteiger charge is -2.70. The highest BCUT2D eigenvalue weighted by Crippen LogP contribution is 2.33. The normalized spacial score (nSPS) is 13.4. The molecule has 0 rings (SSSR count). The molecule has 13 heavy (non-hydrogen) atoms. The molecular weight excluding hydrogens is 238 g/mol. The van der Waals surface area contributed by atoms with E-state index in [2.05, 4.69) is 0 Å². The Bertz CT molecular complexity index is 140. The van der Waals surface area contributed by atoms with Crippen molar-refractivity contribution < 1.29 is 15.3 Å². The number of rotatable bonds is 6. The van der Waals surface area contributed by atoms with Crippen LogP contribution < -0.4 is 15.3 Å². The van der Waals surface area contributed by atoms with E-state index in [1.165, 1.54) is 0 Å². The Morgan fingerprint density at radius 3 is 1.38 bits per heavy atom. The summed E-state index contributed by atoms with van der Waals surface area (Å²) >= 11 is 16.2. The minimum Gasteiger partial charge on any atom is -0.876 e. The van der Waals surface area contributed by atoms with Gasteiger partial charge in [0.2, 0.25) is 0 Å². The van der Waals surface area contributed by atoms with Crippen molar-refractivity contribution in [2.24, 2.45) is 5.41 Å². The third kappa shape index (κ3) is 3.42. The minimum atomic E-state index is -3.58. The van der Waals surface area contributed by atoms with Crippen LogP contribution in [0.15, 0.2) is 0 Å². The van der Waals surface area contributed by atoms with Crippen LogP contribution in [0, 0.1) is 5.41 Å². The second-order valence-electron chi connectivity index (χ2n) is 2.85. The summed E-state index contributed by atoms with van der Waals surface area (Å²) in [6.45, 7) is 0. The van der Waals surface area contributed by atoms with Crippen LogP contribution >= 0.6 is 34.8 Å². The summed E-state index contributed by atoms with van der Waals surface area (Å²) in [6.07, 6.45) is 0.00253. The van der Waals surface area contributed by atoms with Crippen molar-refractivity contribution in [2.45, 2.75) is 18.8 Å². The second kappa shape index (κ2) is 5.59. The third-order valence-corrected chi connectivity index (χ3v) is 2.94. The summed E-state index contributed by atoms with van der Waals surface area (Å²) in [7, 11) is 0. The van der Waals surface area contributed by atoms with Crippen LogP contribution in [0.1, 0.15) is 12.8 Å². The predicted molar refractivity (Wildman–Crippen MR) is 46.6 cm³/mol. The predicted octanol–water partition coefficient (Wildman–Crippen LogP) is -0.796. The highest BCUT2D eigenvalue weighted by atomic mass is 35.5. The van der Waals surface area contributed by atoms with E-state index in [-0.39, 0.29) is 30.5 Å². The maximum atomic E-state index is 10.8. The molecule has 0 aliphatic heterocycles. The zero-order valence-corrected chi connectivity index (χ0v) is 9.16. The summed E-state index contributed by atoms with van der Waals surface area (Å²) in [5.41, 5.74) is -1.59. The van der Waals surface area contributed by atoms with Crippen LogP contribution in [-0.2, 0) is 0 Å². The Morgan fingerprint density at radius 1 is 0.846 bits per heavy atom. The van der Waals surface area contributed by atoms with Crippen LogP contribution in [0.3, 0.4) is 0 Å². The Morgan fingerprint density at radius 2 is 1.23 bits per heavy atom. The maximum absolute atomic E-state index is 10.8. The van der Waals surface area contributed by atoms with Crippen molar-refractivity contribution in [1.29, 1.82) is 0 Å². The molecule has 0 aromatic carbocycles. The minimum absolute atomic E-state index is 0.00127. The van der Waals surface area contributed by atoms with Gasteiger partial charge in [-0.15, -0.1) is 34.8 Å². The first-order valence-corrected chi connectivity index (χ1v) is 5.33. The average molecular weight is 249 g/mol. The van der Waals surface area contributed by atoms with Gasteiger partial charge in [0.05, 0.1) is 0 Å². The van der Waals surface area contributed by atoms with E-state index < -0.39 is 11.4 Å². The summed E-state index contributed by atoms with van der Waals surface area (Å²) < 4.78 is 0. The fourth-order valence-electron chi connectivity index (χ4n) is 1.01. The van der Waals surface area contributed by atoms with E-state index in [0.29, 0.717) is 0 Å². The molecule has 0 fully saturated rings. The second-order valence-corrected chi connectivity index (χ2v) is 3.87. The van der Waals surface area contributed by atoms with Gasteiger partial charge in [-0.2, -0.15) is 0 Å². The highest BCUT2D eigenvalue weighted by molar-refractivity contribution is 6.19. The molecule has 0 atom stereocenters. The fourth-order valence-corrected chi connectivity index (χ4v) is 2.16. The van der Waals surface area contributed by atoms with Crippen molar-refractivity contribution >= 4 is 34.8 Å². The van der Waals surface area contributed by atoms with Crippen LogP contribution in [0.5, 0.6) is 0 Å². The van der Waals surface area contributed by atoms with Gasteiger partial charge in [-0.3, -0.25) is 0 Å². The van der Waals surface area contributed by atoms with E-state index in [0.717, 1.165) is 0 Å². The standard InChI is InChI=1S/C7H10Cl3O3/c8-3-1-6(5-10,2-4-9)7(11,12)13/h1-5H2/q-3. The monoisotopic (exact) mass is 247 g/mol. The third-order valence-electron chi connectivity index (χ3n) is 2.05. The van der Waals surface area contributed by atoms with Gasteiger partial charge in [-0.05, 0) is 12.8 Å². The number of halogens is 3. The Balaban J connectivity index is 4.64. The van der Waals surface area contributed by atoms with Crippen LogP contribution in [0.25, 0.3) is 0 Å². The summed E-state index contributed by atoms with van der Waals surface area (Å²) in [6, 6.07) is 0. The van der Waals surface area contributed by atoms with Gasteiger partial charge in [0.25, 0.3) is 0 Å². The van der Waals surface area contributed by atoms with Crippen molar-refractivity contribution in [3.63, 3.8) is 0 Å². The van der Waals surface area contributed by atoms with Crippen molar-refractivity contribution in [3.05, 3.63) is 0 Å². The quantitative estimate of drug-likeness (QED) is 0.457. The zero-order chi connectivity index (χ0) is 10.5. The Labute approximate surface area is 92.2 Å². The van der Waals surface area contributed by atoms with Gasteiger partial charge in [-0.1, -0.05) is 5.41 Å². The molecule has 0 heterocycles. The maximum Gasteiger partial charge on any atom is 0.0247 e. The largest absolute Gasteiger partial charge is 0.876 e. The molecule has 0 bridgehead atoms. The first-order chi connectivity index (χ1) is 5.93. The molecule has 0 amide bonds. The zero-order valence-electron chi connectivity index (χ0n) is 6.89. The lowest BCUT2D eigenvalue weighted by atomic mass is 9.81. The molecule has 0 saturated carbocycles. The number of hydrogen-bond donors (Lipinski definition) is 0. The summed E-state index contributed by atoms with van der Waals surface area (Å²) in [5.74, 6) is -3.78. The molecule has 0 unspecified atom stereocenters. The van der Waals surface area contributed by atoms with E-state index >= 15 is 0 Å². The Kier molecular flexibility index (Phi) is 5.91. The Hall–Kier alpha value is 0.750. The summed E-state index contributed by atoms with van der Waals surface area (Å²) in [5, 5.41) is 32.5. The van der Waals surface area contributed by atoms with Crippen molar-refractivity contribution in [3.8, 4) is 0 Å². The topological polar surface area (TPSA) is 69.2 Å². The van der Waals surface area contributed by atoms with Crippen LogP contribution in [-0.4, -0.2) is 23.6 Å². The van der Waals surface area contributed by atoms with Crippen molar-refractivity contribution in [1.82, 2.24) is 0 Å². The number of hydrogen-bond acceptors (Lipinski definition) is 3. The van der Waals surface area contributed by atoms with Gasteiger partial charge in [0.1, 0.15) is 0 Å². The van der Waals surface area contributed by atoms with Crippen LogP contribution in [0.4, 0.5) is 0 Å². The van der Waals surface area contributed by atoms with E-state index in [1.807, 2.05) is 0 Å². The first-order valence-electron chi connectivity index (χ1n) is 3.72. The van der Waals surface area contributed by atoms with Gasteiger partial charge in [-0.25, -0.2) is 0 Å². The van der Waals surface area contributed by atoms with E-state index in [1.54, 1.807) is 0 Å². The van der Waals surface area contributed by atoms with E-state index in [9.17, 15) is 15.3 Å². The SMILES string of the molecule is [O-]C([O-])([O-])C(CCl)(CCCl)CCCl. The van der Waals surface area contributed by atoms with Gasteiger partial charge < -0.3 is 21.3 Å². The average Bonchev–Trinajstić information content (AvgIpc) is 2.02. The van der Waals surface area contributed by atoms with Gasteiger partial charge >= 0.3 is 0 Å².